The Balaban J connectivity index is 2.60. The monoisotopic (exact) mass is 289 g/mol. The van der Waals surface area contributed by atoms with Gasteiger partial charge in [-0.2, -0.15) is 0 Å². The number of methoxy groups -OCH3 is 1. The second kappa shape index (κ2) is 5.04. The average molecular weight is 291 g/mol. The highest BCUT2D eigenvalue weighted by atomic mass is 35.5. The summed E-state index contributed by atoms with van der Waals surface area (Å²) in [4.78, 5) is 3.82. The Labute approximate surface area is 113 Å². The SMILES string of the molecule is COc1cc(Cl)ccc1-c1nnc(Cl)nc1Cl. The number of nitrogens with zero attached hydrogens (tertiary/aromatic N) is 3. The Hall–Kier alpha value is -1.10. The van der Waals surface area contributed by atoms with Crippen molar-refractivity contribution >= 4 is 34.8 Å². The van der Waals surface area contributed by atoms with Gasteiger partial charge in [0.05, 0.1) is 7.11 Å². The van der Waals surface area contributed by atoms with Crippen molar-refractivity contribution in [2.24, 2.45) is 0 Å². The van der Waals surface area contributed by atoms with E-state index in [-0.39, 0.29) is 10.4 Å². The molecule has 0 bridgehead atoms. The molecule has 0 amide bonds. The normalized spacial score (nSPS) is 10.4. The van der Waals surface area contributed by atoms with Crippen LogP contribution in [0.3, 0.4) is 0 Å². The third-order valence-electron chi connectivity index (χ3n) is 2.04. The van der Waals surface area contributed by atoms with Gasteiger partial charge in [-0.25, -0.2) is 4.98 Å². The quantitative estimate of drug-likeness (QED) is 0.849. The molecule has 0 atom stereocenters. The predicted molar refractivity (Wildman–Crippen MR) is 66.8 cm³/mol. The van der Waals surface area contributed by atoms with E-state index in [1.807, 2.05) is 0 Å². The van der Waals surface area contributed by atoms with E-state index < -0.39 is 0 Å². The van der Waals surface area contributed by atoms with Crippen LogP contribution in [0.1, 0.15) is 0 Å². The van der Waals surface area contributed by atoms with Crippen molar-refractivity contribution in [3.63, 3.8) is 0 Å². The molecule has 4 nitrogen and oxygen atoms in total. The lowest BCUT2D eigenvalue weighted by molar-refractivity contribution is 0.416. The lowest BCUT2D eigenvalue weighted by Crippen LogP contribution is -1.96. The van der Waals surface area contributed by atoms with Gasteiger partial charge in [0.25, 0.3) is 0 Å². The lowest BCUT2D eigenvalue weighted by Gasteiger charge is -2.08. The van der Waals surface area contributed by atoms with E-state index >= 15 is 0 Å². The highest BCUT2D eigenvalue weighted by Crippen LogP contribution is 2.34. The first-order chi connectivity index (χ1) is 8.11. The summed E-state index contributed by atoms with van der Waals surface area (Å²) < 4.78 is 5.19. The number of halogens is 3. The number of aromatic nitrogens is 3. The Kier molecular flexibility index (Phi) is 3.66. The smallest absolute Gasteiger partial charge is 0.244 e. The molecule has 0 aliphatic rings. The van der Waals surface area contributed by atoms with Gasteiger partial charge in [0.15, 0.2) is 5.15 Å². The van der Waals surface area contributed by atoms with Crippen molar-refractivity contribution in [1.82, 2.24) is 15.2 Å². The summed E-state index contributed by atoms with van der Waals surface area (Å²) in [5.41, 5.74) is 1.04. The number of benzene rings is 1. The maximum Gasteiger partial charge on any atom is 0.244 e. The first-order valence-corrected chi connectivity index (χ1v) is 5.65. The van der Waals surface area contributed by atoms with E-state index in [9.17, 15) is 0 Å². The molecule has 0 spiro atoms. The van der Waals surface area contributed by atoms with Gasteiger partial charge in [-0.3, -0.25) is 0 Å². The molecule has 0 fully saturated rings. The molecule has 0 radical (unpaired) electrons. The first-order valence-electron chi connectivity index (χ1n) is 4.51. The zero-order chi connectivity index (χ0) is 12.4. The maximum absolute atomic E-state index is 5.95. The first kappa shape index (κ1) is 12.4. The molecule has 1 aromatic carbocycles. The Morgan fingerprint density at radius 3 is 2.53 bits per heavy atom. The number of hydrogen-bond donors (Lipinski definition) is 0. The van der Waals surface area contributed by atoms with E-state index in [1.165, 1.54) is 7.11 Å². The molecule has 0 aliphatic carbocycles. The molecule has 88 valence electrons. The van der Waals surface area contributed by atoms with Crippen LogP contribution in [0.25, 0.3) is 11.3 Å². The molecule has 1 heterocycles. The second-order valence-corrected chi connectivity index (χ2v) is 4.20. The molecule has 0 saturated carbocycles. The highest BCUT2D eigenvalue weighted by Gasteiger charge is 2.13. The van der Waals surface area contributed by atoms with Crippen molar-refractivity contribution in [2.45, 2.75) is 0 Å². The summed E-state index contributed by atoms with van der Waals surface area (Å²) in [5, 5.41) is 8.24. The Morgan fingerprint density at radius 2 is 1.88 bits per heavy atom. The van der Waals surface area contributed by atoms with Crippen LogP contribution < -0.4 is 4.74 Å². The van der Waals surface area contributed by atoms with E-state index in [1.54, 1.807) is 18.2 Å². The molecule has 0 aliphatic heterocycles. The molecular formula is C10H6Cl3N3O. The molecule has 0 saturated heterocycles. The maximum atomic E-state index is 5.95. The van der Waals surface area contributed by atoms with Crippen molar-refractivity contribution in [1.29, 1.82) is 0 Å². The molecule has 0 unspecified atom stereocenters. The largest absolute Gasteiger partial charge is 0.496 e. The minimum Gasteiger partial charge on any atom is -0.496 e. The zero-order valence-electron chi connectivity index (χ0n) is 8.62. The fourth-order valence-electron chi connectivity index (χ4n) is 1.31. The van der Waals surface area contributed by atoms with E-state index in [2.05, 4.69) is 15.2 Å². The standard InChI is InChI=1S/C10H6Cl3N3O/c1-17-7-4-5(11)2-3-6(7)8-9(12)14-10(13)16-15-8/h2-4H,1H3. The molecule has 17 heavy (non-hydrogen) atoms. The Bertz CT molecular complexity index is 562. The summed E-state index contributed by atoms with van der Waals surface area (Å²) in [7, 11) is 1.53. The van der Waals surface area contributed by atoms with E-state index in [0.29, 0.717) is 22.0 Å². The number of ether oxygens (including phenoxy) is 1. The van der Waals surface area contributed by atoms with Crippen LogP contribution in [0, 0.1) is 0 Å². The summed E-state index contributed by atoms with van der Waals surface area (Å²) >= 11 is 17.4. The summed E-state index contributed by atoms with van der Waals surface area (Å²) in [6, 6.07) is 5.09. The van der Waals surface area contributed by atoms with Gasteiger partial charge >= 0.3 is 0 Å². The molecule has 2 rings (SSSR count). The van der Waals surface area contributed by atoms with Crippen LogP contribution in [0.5, 0.6) is 5.75 Å². The minimum atomic E-state index is -0.00770. The van der Waals surface area contributed by atoms with Gasteiger partial charge in [0.2, 0.25) is 5.28 Å². The van der Waals surface area contributed by atoms with Crippen molar-refractivity contribution in [3.8, 4) is 17.0 Å². The van der Waals surface area contributed by atoms with Gasteiger partial charge < -0.3 is 4.74 Å². The van der Waals surface area contributed by atoms with E-state index in [4.69, 9.17) is 39.5 Å². The minimum absolute atomic E-state index is 0.00770. The molecular weight excluding hydrogens is 284 g/mol. The topological polar surface area (TPSA) is 47.9 Å². The van der Waals surface area contributed by atoms with Gasteiger partial charge in [0, 0.05) is 10.6 Å². The van der Waals surface area contributed by atoms with Gasteiger partial charge in [-0.05, 0) is 29.8 Å². The van der Waals surface area contributed by atoms with Gasteiger partial charge in [-0.15, -0.1) is 10.2 Å². The average Bonchev–Trinajstić information content (AvgIpc) is 2.30. The summed E-state index contributed by atoms with van der Waals surface area (Å²) in [6.07, 6.45) is 0. The fraction of sp³-hybridized carbons (Fsp3) is 0.100. The number of hydrogen-bond acceptors (Lipinski definition) is 4. The van der Waals surface area contributed by atoms with Gasteiger partial charge in [0.1, 0.15) is 11.4 Å². The fourth-order valence-corrected chi connectivity index (χ4v) is 1.86. The van der Waals surface area contributed by atoms with Crippen LogP contribution in [0.15, 0.2) is 18.2 Å². The second-order valence-electron chi connectivity index (χ2n) is 3.06. The van der Waals surface area contributed by atoms with Crippen LogP contribution in [0.2, 0.25) is 15.5 Å². The molecule has 7 heteroatoms. The highest BCUT2D eigenvalue weighted by molar-refractivity contribution is 6.33. The third kappa shape index (κ3) is 2.60. The van der Waals surface area contributed by atoms with Crippen molar-refractivity contribution in [2.75, 3.05) is 7.11 Å². The molecule has 2 aromatic rings. The Morgan fingerprint density at radius 1 is 1.12 bits per heavy atom. The van der Waals surface area contributed by atoms with E-state index in [0.717, 1.165) is 0 Å². The lowest BCUT2D eigenvalue weighted by atomic mass is 10.1. The van der Waals surface area contributed by atoms with Crippen LogP contribution in [-0.2, 0) is 0 Å². The zero-order valence-corrected chi connectivity index (χ0v) is 10.9. The summed E-state index contributed by atoms with van der Waals surface area (Å²) in [5.74, 6) is 0.540. The molecule has 0 N–H and O–H groups in total. The predicted octanol–water partition coefficient (Wildman–Crippen LogP) is 3.51. The summed E-state index contributed by atoms with van der Waals surface area (Å²) in [6.45, 7) is 0. The molecule has 1 aromatic heterocycles. The van der Waals surface area contributed by atoms with Crippen LogP contribution in [0.4, 0.5) is 0 Å². The third-order valence-corrected chi connectivity index (χ3v) is 2.70. The van der Waals surface area contributed by atoms with Gasteiger partial charge in [-0.1, -0.05) is 23.2 Å². The van der Waals surface area contributed by atoms with Crippen LogP contribution >= 0.6 is 34.8 Å². The van der Waals surface area contributed by atoms with Crippen molar-refractivity contribution in [3.05, 3.63) is 33.7 Å². The van der Waals surface area contributed by atoms with Crippen molar-refractivity contribution < 1.29 is 4.74 Å². The number of rotatable bonds is 2. The van der Waals surface area contributed by atoms with Crippen LogP contribution in [-0.4, -0.2) is 22.3 Å².